The molecule has 0 radical (unpaired) electrons. The highest BCUT2D eigenvalue weighted by Gasteiger charge is 2.14. The number of benzene rings is 2. The Labute approximate surface area is 164 Å². The molecule has 3 aromatic rings. The first-order valence-corrected chi connectivity index (χ1v) is 9.16. The van der Waals surface area contributed by atoms with E-state index in [1.54, 1.807) is 37.4 Å². The van der Waals surface area contributed by atoms with Crippen LogP contribution in [-0.4, -0.2) is 18.9 Å². The zero-order valence-corrected chi connectivity index (χ0v) is 16.6. The van der Waals surface area contributed by atoms with Gasteiger partial charge in [0.25, 0.3) is 11.8 Å². The molecule has 3 rings (SSSR count). The maximum Gasteiger partial charge on any atom is 0.291 e. The van der Waals surface area contributed by atoms with Crippen molar-refractivity contribution in [3.63, 3.8) is 0 Å². The van der Waals surface area contributed by atoms with Crippen molar-refractivity contribution >= 4 is 17.5 Å². The number of hydrogen-bond acceptors (Lipinski definition) is 3. The normalized spacial score (nSPS) is 10.6. The maximum absolute atomic E-state index is 12.5. The van der Waals surface area contributed by atoms with Crippen molar-refractivity contribution in [2.75, 3.05) is 12.4 Å². The summed E-state index contributed by atoms with van der Waals surface area (Å²) in [6.07, 6.45) is 0.636. The van der Waals surface area contributed by atoms with E-state index in [2.05, 4.69) is 43.5 Å². The van der Waals surface area contributed by atoms with Gasteiger partial charge in [-0.1, -0.05) is 23.8 Å². The van der Waals surface area contributed by atoms with E-state index in [-0.39, 0.29) is 17.6 Å². The van der Waals surface area contributed by atoms with Crippen molar-refractivity contribution in [3.8, 4) is 0 Å². The van der Waals surface area contributed by atoms with Crippen LogP contribution < -0.4 is 10.6 Å². The molecule has 0 spiro atoms. The zero-order chi connectivity index (χ0) is 20.3. The first kappa shape index (κ1) is 19.4. The molecular weight excluding hydrogens is 352 g/mol. The van der Waals surface area contributed by atoms with Crippen molar-refractivity contribution in [2.45, 2.75) is 27.2 Å². The van der Waals surface area contributed by atoms with Gasteiger partial charge in [0.1, 0.15) is 5.76 Å². The minimum atomic E-state index is -0.349. The number of rotatable bonds is 5. The molecule has 0 fully saturated rings. The number of carbonyl (C=O) groups is 2. The molecule has 0 saturated carbocycles. The van der Waals surface area contributed by atoms with Crippen molar-refractivity contribution in [1.82, 2.24) is 5.32 Å². The Morgan fingerprint density at radius 2 is 1.64 bits per heavy atom. The summed E-state index contributed by atoms with van der Waals surface area (Å²) >= 11 is 0. The molecule has 0 bridgehead atoms. The van der Waals surface area contributed by atoms with Crippen molar-refractivity contribution in [1.29, 1.82) is 0 Å². The Bertz CT molecular complexity index is 1010. The summed E-state index contributed by atoms with van der Waals surface area (Å²) in [6.45, 7) is 6.26. The molecule has 28 heavy (non-hydrogen) atoms. The third kappa shape index (κ3) is 4.31. The second-order valence-corrected chi connectivity index (χ2v) is 6.93. The zero-order valence-electron chi connectivity index (χ0n) is 16.6. The van der Waals surface area contributed by atoms with Gasteiger partial charge in [0.15, 0.2) is 5.76 Å². The van der Waals surface area contributed by atoms with Crippen LogP contribution in [-0.2, 0) is 6.42 Å². The second-order valence-electron chi connectivity index (χ2n) is 6.93. The molecule has 1 aromatic heterocycles. The third-order valence-corrected chi connectivity index (χ3v) is 4.69. The summed E-state index contributed by atoms with van der Waals surface area (Å²) in [7, 11) is 1.56. The number of hydrogen-bond donors (Lipinski definition) is 2. The van der Waals surface area contributed by atoms with Crippen molar-refractivity contribution in [3.05, 3.63) is 87.9 Å². The second kappa shape index (κ2) is 8.13. The van der Waals surface area contributed by atoms with Crippen LogP contribution in [0.2, 0.25) is 0 Å². The minimum Gasteiger partial charge on any atom is -0.456 e. The number of nitrogens with one attached hydrogen (secondary N) is 2. The van der Waals surface area contributed by atoms with Crippen LogP contribution in [0.15, 0.2) is 52.9 Å². The van der Waals surface area contributed by atoms with Crippen molar-refractivity contribution in [2.24, 2.45) is 0 Å². The first-order chi connectivity index (χ1) is 13.4. The lowest BCUT2D eigenvalue weighted by Gasteiger charge is -2.10. The fraction of sp³-hybridized carbons (Fsp3) is 0.217. The minimum absolute atomic E-state index is 0.208. The molecular formula is C23H24N2O3. The predicted molar refractivity (Wildman–Crippen MR) is 110 cm³/mol. The monoisotopic (exact) mass is 376 g/mol. The van der Waals surface area contributed by atoms with Gasteiger partial charge in [-0.3, -0.25) is 9.59 Å². The third-order valence-electron chi connectivity index (χ3n) is 4.69. The highest BCUT2D eigenvalue weighted by Crippen LogP contribution is 2.22. The van der Waals surface area contributed by atoms with Crippen LogP contribution in [0.25, 0.3) is 0 Å². The number of furan rings is 1. The maximum atomic E-state index is 12.5. The molecule has 0 aliphatic heterocycles. The van der Waals surface area contributed by atoms with Gasteiger partial charge < -0.3 is 15.1 Å². The smallest absolute Gasteiger partial charge is 0.291 e. The Hall–Kier alpha value is -3.34. The number of carbonyl (C=O) groups excluding carboxylic acids is 2. The van der Waals surface area contributed by atoms with E-state index in [1.807, 2.05) is 6.07 Å². The van der Waals surface area contributed by atoms with E-state index < -0.39 is 0 Å². The van der Waals surface area contributed by atoms with Crippen molar-refractivity contribution < 1.29 is 14.0 Å². The lowest BCUT2D eigenvalue weighted by Crippen LogP contribution is -2.18. The summed E-state index contributed by atoms with van der Waals surface area (Å²) in [5.74, 6) is 0.417. The number of aryl methyl sites for hydroxylation is 3. The van der Waals surface area contributed by atoms with Crippen LogP contribution in [0.3, 0.4) is 0 Å². The van der Waals surface area contributed by atoms with E-state index >= 15 is 0 Å². The summed E-state index contributed by atoms with van der Waals surface area (Å²) in [4.78, 5) is 24.2. The summed E-state index contributed by atoms with van der Waals surface area (Å²) < 4.78 is 5.77. The molecule has 0 aliphatic carbocycles. The molecule has 5 heteroatoms. The molecule has 0 atom stereocenters. The van der Waals surface area contributed by atoms with Crippen LogP contribution in [0.1, 0.15) is 48.9 Å². The average Bonchev–Trinajstić information content (AvgIpc) is 3.13. The largest absolute Gasteiger partial charge is 0.456 e. The fourth-order valence-corrected chi connectivity index (χ4v) is 3.33. The first-order valence-electron chi connectivity index (χ1n) is 9.16. The summed E-state index contributed by atoms with van der Waals surface area (Å²) in [5, 5.41) is 5.33. The Morgan fingerprint density at radius 1 is 0.929 bits per heavy atom. The molecule has 0 unspecified atom stereocenters. The Kier molecular flexibility index (Phi) is 5.64. The molecule has 144 valence electrons. The predicted octanol–water partition coefficient (Wildman–Crippen LogP) is 4.41. The highest BCUT2D eigenvalue weighted by molar-refractivity contribution is 6.03. The lowest BCUT2D eigenvalue weighted by atomic mass is 9.97. The molecule has 5 nitrogen and oxygen atoms in total. The lowest BCUT2D eigenvalue weighted by molar-refractivity contribution is 0.0960. The van der Waals surface area contributed by atoms with E-state index in [0.717, 1.165) is 5.76 Å². The quantitative estimate of drug-likeness (QED) is 0.693. The molecule has 2 N–H and O–H groups in total. The van der Waals surface area contributed by atoms with Crippen LogP contribution in [0.5, 0.6) is 0 Å². The molecule has 2 aromatic carbocycles. The fourth-order valence-electron chi connectivity index (χ4n) is 3.33. The van der Waals surface area contributed by atoms with Crippen LogP contribution in [0.4, 0.5) is 5.69 Å². The SMILES string of the molecule is CNC(=O)c1cccc(NC(=O)c2ccc(Cc3c(C)cc(C)cc3C)o2)c1. The molecule has 0 saturated heterocycles. The van der Waals surface area contributed by atoms with Crippen LogP contribution >= 0.6 is 0 Å². The van der Waals surface area contributed by atoms with E-state index in [1.165, 1.54) is 22.3 Å². The van der Waals surface area contributed by atoms with Gasteiger partial charge in [-0.2, -0.15) is 0 Å². The standard InChI is InChI=1S/C23H24N2O3/c1-14-10-15(2)20(16(3)11-14)13-19-8-9-21(28-19)23(27)25-18-7-5-6-17(12-18)22(26)24-4/h5-12H,13H2,1-4H3,(H,24,26)(H,25,27). The van der Waals surface area contributed by atoms with Gasteiger partial charge in [0.2, 0.25) is 0 Å². The summed E-state index contributed by atoms with van der Waals surface area (Å²) in [6, 6.07) is 14.6. The van der Waals surface area contributed by atoms with Gasteiger partial charge in [-0.25, -0.2) is 0 Å². The number of amides is 2. The van der Waals surface area contributed by atoms with E-state index in [9.17, 15) is 9.59 Å². The van der Waals surface area contributed by atoms with Crippen LogP contribution in [0, 0.1) is 20.8 Å². The average molecular weight is 376 g/mol. The van der Waals surface area contributed by atoms with Gasteiger partial charge in [0, 0.05) is 24.7 Å². The highest BCUT2D eigenvalue weighted by atomic mass is 16.3. The van der Waals surface area contributed by atoms with Gasteiger partial charge >= 0.3 is 0 Å². The molecule has 1 heterocycles. The topological polar surface area (TPSA) is 71.3 Å². The Morgan fingerprint density at radius 3 is 2.32 bits per heavy atom. The summed E-state index contributed by atoms with van der Waals surface area (Å²) in [5.41, 5.74) is 5.89. The Balaban J connectivity index is 1.74. The van der Waals surface area contributed by atoms with Gasteiger partial charge in [-0.15, -0.1) is 0 Å². The van der Waals surface area contributed by atoms with E-state index in [4.69, 9.17) is 4.42 Å². The van der Waals surface area contributed by atoms with Gasteiger partial charge in [0.05, 0.1) is 0 Å². The van der Waals surface area contributed by atoms with E-state index in [0.29, 0.717) is 17.7 Å². The number of anilines is 1. The van der Waals surface area contributed by atoms with Gasteiger partial charge in [-0.05, 0) is 67.8 Å². The molecule has 0 aliphatic rings. The molecule has 2 amide bonds.